The van der Waals surface area contributed by atoms with Crippen LogP contribution in [0.25, 0.3) is 0 Å². The predicted octanol–water partition coefficient (Wildman–Crippen LogP) is 1.28. The molecule has 0 fully saturated rings. The highest BCUT2D eigenvalue weighted by Gasteiger charge is 2.28. The topological polar surface area (TPSA) is 154 Å². The molecule has 1 aliphatic rings. The summed E-state index contributed by atoms with van der Waals surface area (Å²) in [4.78, 5) is 49.8. The number of carbonyl (C=O) groups excluding carboxylic acids is 4. The Morgan fingerprint density at radius 1 is 1.14 bits per heavy atom. The second kappa shape index (κ2) is 13.1. The van der Waals surface area contributed by atoms with Gasteiger partial charge in [0.1, 0.15) is 18.4 Å². The van der Waals surface area contributed by atoms with Crippen molar-refractivity contribution < 1.29 is 34.1 Å². The van der Waals surface area contributed by atoms with E-state index in [1.54, 1.807) is 12.1 Å². The molecule has 3 atom stereocenters. The molecule has 0 aliphatic heterocycles. The molecule has 0 aromatic heterocycles. The van der Waals surface area contributed by atoms with E-state index in [-0.39, 0.29) is 24.3 Å². The lowest BCUT2D eigenvalue weighted by Crippen LogP contribution is -2.55. The third kappa shape index (κ3) is 9.33. The summed E-state index contributed by atoms with van der Waals surface area (Å²) < 4.78 is 5.05. The van der Waals surface area contributed by atoms with Crippen LogP contribution in [-0.2, 0) is 25.6 Å². The van der Waals surface area contributed by atoms with E-state index in [9.17, 15) is 29.4 Å². The number of nitrogens with one attached hydrogen (secondary N) is 3. The number of phenols is 1. The van der Waals surface area contributed by atoms with Gasteiger partial charge in [-0.1, -0.05) is 17.7 Å². The van der Waals surface area contributed by atoms with Gasteiger partial charge in [-0.05, 0) is 64.2 Å². The van der Waals surface area contributed by atoms with Crippen molar-refractivity contribution in [3.8, 4) is 11.5 Å². The van der Waals surface area contributed by atoms with Crippen LogP contribution in [-0.4, -0.2) is 65.1 Å². The second-order valence-electron chi connectivity index (χ2n) is 9.76. The predicted molar refractivity (Wildman–Crippen MR) is 133 cm³/mol. The average Bonchev–Trinajstić information content (AvgIpc) is 3.29. The normalized spacial score (nSPS) is 15.8. The molecule has 0 saturated carbocycles. The number of aliphatic hydroxyl groups is 1. The van der Waals surface area contributed by atoms with Crippen LogP contribution >= 0.6 is 0 Å². The highest BCUT2D eigenvalue weighted by molar-refractivity contribution is 5.92. The lowest BCUT2D eigenvalue weighted by atomic mass is 10.0. The number of hydrogen-bond donors (Lipinski definition) is 5. The number of phenolic OH excluding ortho intramolecular Hbond substituents is 1. The average molecular weight is 504 g/mol. The molecule has 1 aliphatic carbocycles. The molecule has 36 heavy (non-hydrogen) atoms. The monoisotopic (exact) mass is 503 g/mol. The Labute approximate surface area is 211 Å². The van der Waals surface area contributed by atoms with E-state index < -0.39 is 41.4 Å². The molecule has 0 heterocycles. The van der Waals surface area contributed by atoms with Crippen LogP contribution in [0.15, 0.2) is 29.8 Å². The van der Waals surface area contributed by atoms with E-state index >= 15 is 0 Å². The van der Waals surface area contributed by atoms with Crippen molar-refractivity contribution in [2.75, 3.05) is 7.11 Å². The van der Waals surface area contributed by atoms with Crippen molar-refractivity contribution in [1.29, 1.82) is 0 Å². The minimum absolute atomic E-state index is 0.0216. The Morgan fingerprint density at radius 2 is 1.86 bits per heavy atom. The molecule has 3 amide bonds. The Kier molecular flexibility index (Phi) is 10.5. The second-order valence-corrected chi connectivity index (χ2v) is 9.76. The highest BCUT2D eigenvalue weighted by atomic mass is 16.5. The van der Waals surface area contributed by atoms with Crippen molar-refractivity contribution in [3.05, 3.63) is 35.4 Å². The fraction of sp³-hybridized carbons (Fsp3) is 0.538. The zero-order valence-electron chi connectivity index (χ0n) is 21.3. The number of aromatic hydroxyl groups is 1. The van der Waals surface area contributed by atoms with Crippen LogP contribution in [0.5, 0.6) is 11.5 Å². The quantitative estimate of drug-likeness (QED) is 0.201. The third-order valence-electron chi connectivity index (χ3n) is 5.79. The van der Waals surface area contributed by atoms with E-state index in [1.165, 1.54) is 33.9 Å². The molecule has 2 rings (SSSR count). The first-order chi connectivity index (χ1) is 16.9. The first-order valence-corrected chi connectivity index (χ1v) is 12.0. The van der Waals surface area contributed by atoms with Gasteiger partial charge in [0.05, 0.1) is 25.2 Å². The highest BCUT2D eigenvalue weighted by Crippen LogP contribution is 2.27. The molecule has 2 unspecified atom stereocenters. The van der Waals surface area contributed by atoms with Crippen LogP contribution in [0.1, 0.15) is 58.4 Å². The Bertz CT molecular complexity index is 984. The third-order valence-corrected chi connectivity index (χ3v) is 5.79. The summed E-state index contributed by atoms with van der Waals surface area (Å²) >= 11 is 0. The number of methoxy groups -OCH3 is 1. The van der Waals surface area contributed by atoms with Gasteiger partial charge in [-0.2, -0.15) is 0 Å². The zero-order valence-corrected chi connectivity index (χ0v) is 21.3. The summed E-state index contributed by atoms with van der Waals surface area (Å²) in [6, 6.07) is 1.82. The number of hydrogen-bond acceptors (Lipinski definition) is 7. The molecule has 1 aromatic rings. The van der Waals surface area contributed by atoms with E-state index in [1.807, 2.05) is 0 Å². The Morgan fingerprint density at radius 3 is 2.42 bits per heavy atom. The van der Waals surface area contributed by atoms with Gasteiger partial charge in [0.25, 0.3) is 0 Å². The van der Waals surface area contributed by atoms with Gasteiger partial charge >= 0.3 is 0 Å². The number of allylic oxidation sites excluding steroid dienone is 1. The summed E-state index contributed by atoms with van der Waals surface area (Å²) in [5.41, 5.74) is 0.419. The van der Waals surface area contributed by atoms with Gasteiger partial charge in [0, 0.05) is 6.42 Å². The van der Waals surface area contributed by atoms with Gasteiger partial charge in [-0.15, -0.1) is 0 Å². The molecule has 5 N–H and O–H groups in total. The first kappa shape index (κ1) is 28.8. The van der Waals surface area contributed by atoms with Gasteiger partial charge < -0.3 is 35.7 Å². The van der Waals surface area contributed by atoms with E-state index in [0.29, 0.717) is 18.3 Å². The van der Waals surface area contributed by atoms with E-state index in [0.717, 1.165) is 24.8 Å². The number of aldehydes is 1. The van der Waals surface area contributed by atoms with Crippen LogP contribution in [0.4, 0.5) is 0 Å². The summed E-state index contributed by atoms with van der Waals surface area (Å²) in [6.07, 6.45) is 5.83. The summed E-state index contributed by atoms with van der Waals surface area (Å²) in [5.74, 6) is -1.55. The number of amides is 3. The standard InChI is InChI=1S/C26H37N3O7/c1-16(27-23(32)14-26(2,3)35)24(33)29-20(12-18-9-10-22(36-4)21(31)13-18)25(34)28-19(15-30)11-17-7-5-6-8-17/h7,9-10,13,15-16,19-20,31,35H,5-6,8,11-12,14H2,1-4H3,(H,27,32)(H,28,34)(H,29,33)/t16?,19-,20?/m0/s1. The Balaban J connectivity index is 2.15. The fourth-order valence-corrected chi connectivity index (χ4v) is 3.98. The molecule has 0 radical (unpaired) electrons. The van der Waals surface area contributed by atoms with Crippen molar-refractivity contribution in [1.82, 2.24) is 16.0 Å². The van der Waals surface area contributed by atoms with Gasteiger partial charge in [-0.25, -0.2) is 0 Å². The van der Waals surface area contributed by atoms with Crippen LogP contribution < -0.4 is 20.7 Å². The number of ether oxygens (including phenoxy) is 1. The largest absolute Gasteiger partial charge is 0.504 e. The molecule has 10 nitrogen and oxygen atoms in total. The molecule has 0 saturated heterocycles. The Hall–Kier alpha value is -3.40. The summed E-state index contributed by atoms with van der Waals surface area (Å²) in [6.45, 7) is 4.42. The van der Waals surface area contributed by atoms with Crippen molar-refractivity contribution in [2.45, 2.75) is 83.0 Å². The molecular weight excluding hydrogens is 466 g/mol. The fourth-order valence-electron chi connectivity index (χ4n) is 3.98. The number of carbonyl (C=O) groups is 4. The maximum absolute atomic E-state index is 13.2. The van der Waals surface area contributed by atoms with Crippen molar-refractivity contribution in [2.24, 2.45) is 0 Å². The first-order valence-electron chi connectivity index (χ1n) is 12.0. The smallest absolute Gasteiger partial charge is 0.243 e. The van der Waals surface area contributed by atoms with Crippen LogP contribution in [0.3, 0.4) is 0 Å². The lowest BCUT2D eigenvalue weighted by Gasteiger charge is -2.24. The summed E-state index contributed by atoms with van der Waals surface area (Å²) in [5, 5.41) is 27.8. The minimum atomic E-state index is -1.24. The minimum Gasteiger partial charge on any atom is -0.504 e. The van der Waals surface area contributed by atoms with Crippen molar-refractivity contribution in [3.63, 3.8) is 0 Å². The number of rotatable bonds is 13. The molecule has 0 spiro atoms. The molecule has 1 aromatic carbocycles. The van der Waals surface area contributed by atoms with Crippen LogP contribution in [0.2, 0.25) is 0 Å². The van der Waals surface area contributed by atoms with Crippen molar-refractivity contribution >= 4 is 24.0 Å². The number of benzene rings is 1. The van der Waals surface area contributed by atoms with Gasteiger partial charge in [0.15, 0.2) is 11.5 Å². The lowest BCUT2D eigenvalue weighted by molar-refractivity contribution is -0.133. The van der Waals surface area contributed by atoms with E-state index in [2.05, 4.69) is 22.0 Å². The summed E-state index contributed by atoms with van der Waals surface area (Å²) in [7, 11) is 1.41. The molecule has 10 heteroatoms. The van der Waals surface area contributed by atoms with Crippen LogP contribution in [0, 0.1) is 0 Å². The maximum atomic E-state index is 13.2. The maximum Gasteiger partial charge on any atom is 0.243 e. The molecule has 198 valence electrons. The zero-order chi connectivity index (χ0) is 26.9. The van der Waals surface area contributed by atoms with Gasteiger partial charge in [0.2, 0.25) is 17.7 Å². The molecular formula is C26H37N3O7. The SMILES string of the molecule is COc1ccc(CC(NC(=O)C(C)NC(=O)CC(C)(C)O)C(=O)N[C@H](C=O)CC2=CCCC2)cc1O. The molecule has 0 bridgehead atoms. The van der Waals surface area contributed by atoms with E-state index in [4.69, 9.17) is 4.74 Å². The van der Waals surface area contributed by atoms with Gasteiger partial charge in [-0.3, -0.25) is 14.4 Å².